The molecule has 0 unspecified atom stereocenters. The normalized spacial score (nSPS) is 11.5. The number of hydrogen-bond acceptors (Lipinski definition) is 9. The number of fused-ring (bicyclic) bond motifs is 1. The van der Waals surface area contributed by atoms with Gasteiger partial charge in [-0.25, -0.2) is 28.0 Å². The molecule has 0 aliphatic heterocycles. The van der Waals surface area contributed by atoms with Crippen molar-refractivity contribution >= 4 is 21.4 Å². The Kier molecular flexibility index (Phi) is 6.04. The first kappa shape index (κ1) is 22.4. The van der Waals surface area contributed by atoms with Crippen molar-refractivity contribution in [1.82, 2.24) is 29.5 Å². The maximum absolute atomic E-state index is 11.8. The predicted molar refractivity (Wildman–Crippen MR) is 129 cm³/mol. The van der Waals surface area contributed by atoms with Gasteiger partial charge in [-0.2, -0.15) is 0 Å². The topological polar surface area (TPSA) is 150 Å². The first-order valence-electron chi connectivity index (χ1n) is 10.5. The fourth-order valence-corrected chi connectivity index (χ4v) is 4.00. The monoisotopic (exact) mass is 488 g/mol. The maximum Gasteiger partial charge on any atom is 0.239 e. The smallest absolute Gasteiger partial charge is 0.239 e. The number of anilines is 1. The van der Waals surface area contributed by atoms with Crippen LogP contribution in [0.2, 0.25) is 0 Å². The van der Waals surface area contributed by atoms with E-state index in [4.69, 9.17) is 14.9 Å². The molecule has 0 spiro atoms. The van der Waals surface area contributed by atoms with Crippen LogP contribution >= 0.6 is 0 Å². The van der Waals surface area contributed by atoms with Crippen molar-refractivity contribution in [2.24, 2.45) is 5.14 Å². The van der Waals surface area contributed by atoms with Crippen LogP contribution in [0.3, 0.4) is 0 Å². The Morgan fingerprint density at radius 1 is 1.00 bits per heavy atom. The van der Waals surface area contributed by atoms with Crippen molar-refractivity contribution in [2.75, 3.05) is 18.5 Å². The Balaban J connectivity index is 1.53. The largest absolute Gasteiger partial charge is 0.475 e. The quantitative estimate of drug-likeness (QED) is 0.314. The summed E-state index contributed by atoms with van der Waals surface area (Å²) >= 11 is 0. The second-order valence-electron chi connectivity index (χ2n) is 7.45. The van der Waals surface area contributed by atoms with Gasteiger partial charge in [-0.1, -0.05) is 30.3 Å². The van der Waals surface area contributed by atoms with E-state index < -0.39 is 10.0 Å². The van der Waals surface area contributed by atoms with E-state index in [2.05, 4.69) is 25.4 Å². The second kappa shape index (κ2) is 9.44. The maximum atomic E-state index is 11.8. The first-order valence-corrected chi connectivity index (χ1v) is 12.1. The Morgan fingerprint density at radius 3 is 2.63 bits per heavy atom. The zero-order valence-electron chi connectivity index (χ0n) is 18.3. The van der Waals surface area contributed by atoms with E-state index in [1.165, 1.54) is 24.7 Å². The number of primary sulfonamides is 1. The molecule has 0 amide bonds. The molecule has 5 rings (SSSR count). The van der Waals surface area contributed by atoms with E-state index in [1.54, 1.807) is 16.9 Å². The summed E-state index contributed by atoms with van der Waals surface area (Å²) in [5, 5.41) is 13.2. The molecule has 5 aromatic rings. The van der Waals surface area contributed by atoms with Gasteiger partial charge in [0.15, 0.2) is 11.6 Å². The third-order valence-electron chi connectivity index (χ3n) is 5.08. The summed E-state index contributed by atoms with van der Waals surface area (Å²) in [5.74, 6) is 1.24. The van der Waals surface area contributed by atoms with E-state index >= 15 is 0 Å². The van der Waals surface area contributed by atoms with Gasteiger partial charge in [-0.05, 0) is 17.7 Å². The van der Waals surface area contributed by atoms with Crippen molar-refractivity contribution in [2.45, 2.75) is 4.90 Å². The molecule has 4 heterocycles. The van der Waals surface area contributed by atoms with Gasteiger partial charge < -0.3 is 10.1 Å². The molecule has 11 nitrogen and oxygen atoms in total. The van der Waals surface area contributed by atoms with Gasteiger partial charge in [0.1, 0.15) is 17.0 Å². The van der Waals surface area contributed by atoms with Crippen molar-refractivity contribution in [1.29, 1.82) is 0 Å². The number of nitrogens with zero attached hydrogens (tertiary/aromatic N) is 6. The highest BCUT2D eigenvalue weighted by atomic mass is 32.2. The summed E-state index contributed by atoms with van der Waals surface area (Å²) in [7, 11) is -3.93. The molecule has 0 aliphatic rings. The molecule has 0 bridgehead atoms. The minimum atomic E-state index is -3.93. The lowest BCUT2D eigenvalue weighted by Gasteiger charge is -2.12. The zero-order valence-corrected chi connectivity index (χ0v) is 19.1. The summed E-state index contributed by atoms with van der Waals surface area (Å²) in [6.45, 7) is 0.728. The van der Waals surface area contributed by atoms with Crippen LogP contribution in [0.4, 0.5) is 5.82 Å². The predicted octanol–water partition coefficient (Wildman–Crippen LogP) is 2.39. The van der Waals surface area contributed by atoms with Crippen molar-refractivity contribution in [3.63, 3.8) is 0 Å². The molecule has 0 saturated heterocycles. The summed E-state index contributed by atoms with van der Waals surface area (Å²) < 4.78 is 30.9. The molecule has 0 radical (unpaired) electrons. The van der Waals surface area contributed by atoms with E-state index in [0.717, 1.165) is 16.6 Å². The number of nitrogens with one attached hydrogen (secondary N) is 1. The third kappa shape index (κ3) is 4.93. The molecule has 0 fully saturated rings. The number of nitrogens with two attached hydrogens (primary N) is 1. The van der Waals surface area contributed by atoms with Gasteiger partial charge in [-0.15, -0.1) is 5.10 Å². The Labute approximate surface area is 200 Å². The standard InChI is InChI=1S/C23H20N8O3S/c24-35(32,33)18-12-17(13-26-14-18)22-29-23(28-9-11-34-20-15-25-7-8-27-20)21-19(6-10-31(21)30-22)16-4-2-1-3-5-16/h1-8,10,12-15H,9,11H2,(H2,24,32,33)(H,28,29,30). The van der Waals surface area contributed by atoms with Crippen LogP contribution < -0.4 is 15.2 Å². The van der Waals surface area contributed by atoms with E-state index in [9.17, 15) is 8.42 Å². The highest BCUT2D eigenvalue weighted by molar-refractivity contribution is 7.89. The summed E-state index contributed by atoms with van der Waals surface area (Å²) in [4.78, 5) is 16.6. The molecule has 0 aliphatic carbocycles. The zero-order chi connectivity index (χ0) is 24.3. The number of benzene rings is 1. The number of aromatic nitrogens is 6. The van der Waals surface area contributed by atoms with Crippen molar-refractivity contribution in [3.8, 4) is 28.4 Å². The van der Waals surface area contributed by atoms with Crippen LogP contribution in [0.15, 0.2) is 84.5 Å². The Morgan fingerprint density at radius 2 is 1.86 bits per heavy atom. The van der Waals surface area contributed by atoms with Crippen molar-refractivity contribution in [3.05, 3.63) is 79.6 Å². The Hall–Kier alpha value is -4.42. The van der Waals surface area contributed by atoms with Crippen LogP contribution in [0.25, 0.3) is 28.0 Å². The van der Waals surface area contributed by atoms with Gasteiger partial charge in [0, 0.05) is 42.1 Å². The van der Waals surface area contributed by atoms with Gasteiger partial charge in [0.25, 0.3) is 0 Å². The number of sulfonamides is 1. The number of hydrogen-bond donors (Lipinski definition) is 2. The molecule has 176 valence electrons. The molecular formula is C23H20N8O3S. The van der Waals surface area contributed by atoms with Crippen molar-refractivity contribution < 1.29 is 13.2 Å². The highest BCUT2D eigenvalue weighted by Gasteiger charge is 2.17. The molecule has 4 aromatic heterocycles. The molecule has 12 heteroatoms. The van der Waals surface area contributed by atoms with Gasteiger partial charge in [-0.3, -0.25) is 9.97 Å². The number of ether oxygens (including phenoxy) is 1. The van der Waals surface area contributed by atoms with Gasteiger partial charge >= 0.3 is 0 Å². The van der Waals surface area contributed by atoms with Gasteiger partial charge in [0.05, 0.1) is 12.7 Å². The SMILES string of the molecule is NS(=O)(=O)c1cncc(-c2nc(NCCOc3cnccn3)c3c(-c4ccccc4)ccn3n2)c1. The van der Waals surface area contributed by atoms with Crippen LogP contribution in [0.5, 0.6) is 5.88 Å². The average Bonchev–Trinajstić information content (AvgIpc) is 3.32. The third-order valence-corrected chi connectivity index (χ3v) is 5.96. The number of rotatable bonds is 8. The number of pyridine rings is 1. The summed E-state index contributed by atoms with van der Waals surface area (Å²) in [5.41, 5.74) is 3.11. The van der Waals surface area contributed by atoms with Crippen LogP contribution in [-0.2, 0) is 10.0 Å². The fourth-order valence-electron chi connectivity index (χ4n) is 3.50. The molecule has 1 aromatic carbocycles. The van der Waals surface area contributed by atoms with E-state index in [0.29, 0.717) is 30.4 Å². The first-order chi connectivity index (χ1) is 17.0. The van der Waals surface area contributed by atoms with Gasteiger partial charge in [0.2, 0.25) is 15.9 Å². The molecule has 35 heavy (non-hydrogen) atoms. The minimum Gasteiger partial charge on any atom is -0.475 e. The summed E-state index contributed by atoms with van der Waals surface area (Å²) in [6, 6.07) is 13.2. The lowest BCUT2D eigenvalue weighted by Crippen LogP contribution is -2.15. The van der Waals surface area contributed by atoms with E-state index in [-0.39, 0.29) is 10.7 Å². The fraction of sp³-hybridized carbons (Fsp3) is 0.0870. The van der Waals surface area contributed by atoms with Crippen LogP contribution in [0, 0.1) is 0 Å². The average molecular weight is 489 g/mol. The van der Waals surface area contributed by atoms with E-state index in [1.807, 2.05) is 42.6 Å². The highest BCUT2D eigenvalue weighted by Crippen LogP contribution is 2.31. The lowest BCUT2D eigenvalue weighted by molar-refractivity contribution is 0.318. The lowest BCUT2D eigenvalue weighted by atomic mass is 10.1. The van der Waals surface area contributed by atoms with Crippen LogP contribution in [-0.4, -0.2) is 51.1 Å². The second-order valence-corrected chi connectivity index (χ2v) is 9.01. The molecular weight excluding hydrogens is 468 g/mol. The minimum absolute atomic E-state index is 0.122. The summed E-state index contributed by atoms with van der Waals surface area (Å²) in [6.07, 6.45) is 9.15. The molecule has 0 atom stereocenters. The molecule has 3 N–H and O–H groups in total. The van der Waals surface area contributed by atoms with Crippen LogP contribution in [0.1, 0.15) is 0 Å². The Bertz CT molecular complexity index is 1580. The molecule has 0 saturated carbocycles.